The van der Waals surface area contributed by atoms with Gasteiger partial charge in [0.25, 0.3) is 5.91 Å². The number of Topliss-reactive ketones (excluding diaryl/α,β-unsaturated/α-hetero) is 1. The van der Waals surface area contributed by atoms with E-state index in [9.17, 15) is 14.0 Å². The average Bonchev–Trinajstić information content (AvgIpc) is 2.81. The zero-order chi connectivity index (χ0) is 15.9. The first-order valence-electron chi connectivity index (χ1n) is 8.05. The molecule has 1 aliphatic carbocycles. The first-order valence-corrected chi connectivity index (χ1v) is 8.05. The number of hydrogen-bond donors (Lipinski definition) is 0. The number of fused-ring (bicyclic) bond motifs is 1. The van der Waals surface area contributed by atoms with E-state index in [-0.39, 0.29) is 29.0 Å². The molecule has 0 spiro atoms. The molecular formula is C18H22FNO2. The van der Waals surface area contributed by atoms with Gasteiger partial charge in [-0.1, -0.05) is 12.1 Å². The predicted octanol–water partition coefficient (Wildman–Crippen LogP) is 3.49. The third kappa shape index (κ3) is 2.67. The second-order valence-corrected chi connectivity index (χ2v) is 6.74. The van der Waals surface area contributed by atoms with Crippen molar-refractivity contribution in [2.24, 2.45) is 11.8 Å². The van der Waals surface area contributed by atoms with E-state index in [0.717, 1.165) is 31.2 Å². The minimum absolute atomic E-state index is 0.176. The molecule has 0 bridgehead atoms. The Labute approximate surface area is 130 Å². The van der Waals surface area contributed by atoms with E-state index >= 15 is 0 Å². The van der Waals surface area contributed by atoms with Crippen LogP contribution < -0.4 is 0 Å². The number of carbonyl (C=O) groups excluding carboxylic acids is 2. The molecule has 1 aromatic carbocycles. The summed E-state index contributed by atoms with van der Waals surface area (Å²) in [5.74, 6) is 0.358. The first kappa shape index (κ1) is 15.2. The molecule has 0 aromatic heterocycles. The summed E-state index contributed by atoms with van der Waals surface area (Å²) in [5.41, 5.74) is 1.58. The topological polar surface area (TPSA) is 37.4 Å². The number of ketones is 1. The van der Waals surface area contributed by atoms with Crippen LogP contribution in [0.5, 0.6) is 0 Å². The Bertz CT molecular complexity index is 618. The van der Waals surface area contributed by atoms with E-state index in [0.29, 0.717) is 24.6 Å². The largest absolute Gasteiger partial charge is 0.334 e. The van der Waals surface area contributed by atoms with Crippen LogP contribution in [0.25, 0.3) is 0 Å². The molecule has 3 nitrogen and oxygen atoms in total. The van der Waals surface area contributed by atoms with E-state index in [1.165, 1.54) is 0 Å². The molecule has 1 fully saturated rings. The van der Waals surface area contributed by atoms with Gasteiger partial charge in [0.15, 0.2) is 0 Å². The summed E-state index contributed by atoms with van der Waals surface area (Å²) in [5, 5.41) is 0. The number of aryl methyl sites for hydroxylation is 1. The van der Waals surface area contributed by atoms with Gasteiger partial charge in [0.1, 0.15) is 11.6 Å². The number of rotatable bonds is 3. The third-order valence-electron chi connectivity index (χ3n) is 5.18. The molecule has 22 heavy (non-hydrogen) atoms. The minimum atomic E-state index is -0.370. The van der Waals surface area contributed by atoms with E-state index in [1.807, 2.05) is 6.07 Å². The summed E-state index contributed by atoms with van der Waals surface area (Å²) < 4.78 is 14.2. The fourth-order valence-corrected chi connectivity index (χ4v) is 3.73. The Hall–Kier alpha value is -1.71. The van der Waals surface area contributed by atoms with Gasteiger partial charge >= 0.3 is 0 Å². The molecule has 2 aliphatic rings. The maximum Gasteiger partial charge on any atom is 0.257 e. The van der Waals surface area contributed by atoms with Crippen LogP contribution >= 0.6 is 0 Å². The van der Waals surface area contributed by atoms with Crippen molar-refractivity contribution in [3.05, 3.63) is 34.6 Å². The lowest BCUT2D eigenvalue weighted by atomic mass is 9.80. The van der Waals surface area contributed by atoms with Crippen molar-refractivity contribution in [2.75, 3.05) is 6.54 Å². The van der Waals surface area contributed by atoms with Gasteiger partial charge in [-0.25, -0.2) is 4.39 Å². The van der Waals surface area contributed by atoms with Gasteiger partial charge in [0.2, 0.25) is 0 Å². The Kier molecular flexibility index (Phi) is 4.02. The molecule has 1 amide bonds. The highest BCUT2D eigenvalue weighted by Crippen LogP contribution is 2.33. The highest BCUT2D eigenvalue weighted by molar-refractivity contribution is 5.98. The summed E-state index contributed by atoms with van der Waals surface area (Å²) >= 11 is 0. The molecule has 0 unspecified atom stereocenters. The van der Waals surface area contributed by atoms with Gasteiger partial charge in [0.05, 0.1) is 5.56 Å². The molecule has 0 N–H and O–H groups in total. The van der Waals surface area contributed by atoms with Crippen LogP contribution in [0.4, 0.5) is 4.39 Å². The first-order chi connectivity index (χ1) is 10.5. The van der Waals surface area contributed by atoms with Crippen molar-refractivity contribution in [1.82, 2.24) is 4.90 Å². The molecule has 0 radical (unpaired) electrons. The number of benzene rings is 1. The standard InChI is InChI=1S/C18H22FNO2/c1-11-3-6-15-10-20(18(22)16(15)17(11)19)9-13-4-7-14(8-5-13)12(2)21/h3,6,13-14H,4-5,7-10H2,1-2H3. The Morgan fingerprint density at radius 3 is 2.59 bits per heavy atom. The van der Waals surface area contributed by atoms with E-state index in [2.05, 4.69) is 0 Å². The average molecular weight is 303 g/mol. The molecule has 118 valence electrons. The predicted molar refractivity (Wildman–Crippen MR) is 82.0 cm³/mol. The fourth-order valence-electron chi connectivity index (χ4n) is 3.73. The molecular weight excluding hydrogens is 281 g/mol. The van der Waals surface area contributed by atoms with E-state index in [4.69, 9.17) is 0 Å². The summed E-state index contributed by atoms with van der Waals surface area (Å²) in [6.07, 6.45) is 3.79. The summed E-state index contributed by atoms with van der Waals surface area (Å²) in [6.45, 7) is 4.54. The lowest BCUT2D eigenvalue weighted by molar-refractivity contribution is -0.121. The van der Waals surface area contributed by atoms with Gasteiger partial charge in [-0.15, -0.1) is 0 Å². The van der Waals surface area contributed by atoms with Crippen LogP contribution in [0.3, 0.4) is 0 Å². The summed E-state index contributed by atoms with van der Waals surface area (Å²) in [6, 6.07) is 3.60. The Balaban J connectivity index is 1.65. The van der Waals surface area contributed by atoms with Crippen LogP contribution in [0, 0.1) is 24.6 Å². The van der Waals surface area contributed by atoms with Crippen molar-refractivity contribution in [2.45, 2.75) is 46.1 Å². The fraction of sp³-hybridized carbons (Fsp3) is 0.556. The molecule has 1 aromatic rings. The molecule has 1 saturated carbocycles. The molecule has 3 rings (SSSR count). The number of amides is 1. The van der Waals surface area contributed by atoms with Gasteiger partial charge in [-0.3, -0.25) is 9.59 Å². The van der Waals surface area contributed by atoms with Crippen LogP contribution in [-0.2, 0) is 11.3 Å². The maximum atomic E-state index is 14.2. The molecule has 0 saturated heterocycles. The lowest BCUT2D eigenvalue weighted by Crippen LogP contribution is -2.32. The minimum Gasteiger partial charge on any atom is -0.334 e. The zero-order valence-electron chi connectivity index (χ0n) is 13.2. The van der Waals surface area contributed by atoms with Crippen molar-refractivity contribution >= 4 is 11.7 Å². The number of nitrogens with zero attached hydrogens (tertiary/aromatic N) is 1. The molecule has 0 atom stereocenters. The SMILES string of the molecule is CC(=O)C1CCC(CN2Cc3ccc(C)c(F)c3C2=O)CC1. The monoisotopic (exact) mass is 303 g/mol. The highest BCUT2D eigenvalue weighted by atomic mass is 19.1. The molecule has 4 heteroatoms. The van der Waals surface area contributed by atoms with Gasteiger partial charge in [-0.05, 0) is 56.6 Å². The van der Waals surface area contributed by atoms with Gasteiger partial charge < -0.3 is 4.90 Å². The smallest absolute Gasteiger partial charge is 0.257 e. The van der Waals surface area contributed by atoms with E-state index in [1.54, 1.807) is 24.8 Å². The number of hydrogen-bond acceptors (Lipinski definition) is 2. The van der Waals surface area contributed by atoms with Crippen molar-refractivity contribution in [3.8, 4) is 0 Å². The quantitative estimate of drug-likeness (QED) is 0.857. The highest BCUT2D eigenvalue weighted by Gasteiger charge is 2.33. The summed E-state index contributed by atoms with van der Waals surface area (Å²) in [4.78, 5) is 25.6. The Morgan fingerprint density at radius 2 is 1.95 bits per heavy atom. The molecule has 1 aliphatic heterocycles. The van der Waals surface area contributed by atoms with E-state index < -0.39 is 0 Å². The van der Waals surface area contributed by atoms with Crippen LogP contribution in [0.1, 0.15) is 54.1 Å². The van der Waals surface area contributed by atoms with Crippen molar-refractivity contribution in [3.63, 3.8) is 0 Å². The number of halogens is 1. The Morgan fingerprint density at radius 1 is 1.27 bits per heavy atom. The lowest BCUT2D eigenvalue weighted by Gasteiger charge is -2.30. The van der Waals surface area contributed by atoms with Gasteiger partial charge in [-0.2, -0.15) is 0 Å². The second kappa shape index (κ2) is 5.82. The normalized spacial score (nSPS) is 24.5. The van der Waals surface area contributed by atoms with Crippen LogP contribution in [-0.4, -0.2) is 23.1 Å². The summed E-state index contributed by atoms with van der Waals surface area (Å²) in [7, 11) is 0. The third-order valence-corrected chi connectivity index (χ3v) is 5.18. The zero-order valence-corrected chi connectivity index (χ0v) is 13.2. The van der Waals surface area contributed by atoms with Crippen LogP contribution in [0.2, 0.25) is 0 Å². The van der Waals surface area contributed by atoms with Crippen LogP contribution in [0.15, 0.2) is 12.1 Å². The maximum absolute atomic E-state index is 14.2. The molecule has 1 heterocycles. The number of carbonyl (C=O) groups is 2. The van der Waals surface area contributed by atoms with Crippen molar-refractivity contribution in [1.29, 1.82) is 0 Å². The second-order valence-electron chi connectivity index (χ2n) is 6.74. The van der Waals surface area contributed by atoms with Gasteiger partial charge in [0, 0.05) is 19.0 Å². The van der Waals surface area contributed by atoms with Crippen molar-refractivity contribution < 1.29 is 14.0 Å².